The van der Waals surface area contributed by atoms with Crippen LogP contribution in [0.15, 0.2) is 23.7 Å². The predicted octanol–water partition coefficient (Wildman–Crippen LogP) is 2.99. The number of halogens is 1. The van der Waals surface area contributed by atoms with Crippen molar-refractivity contribution in [3.8, 4) is 11.4 Å². The van der Waals surface area contributed by atoms with Crippen molar-refractivity contribution in [3.63, 3.8) is 0 Å². The number of pyridine rings is 1. The first-order valence-corrected chi connectivity index (χ1v) is 6.93. The second-order valence-electron chi connectivity index (χ2n) is 3.59. The number of hydrogen-bond donors (Lipinski definition) is 2. The Morgan fingerprint density at radius 1 is 1.50 bits per heavy atom. The fraction of sp³-hybridized carbons (Fsp3) is 0. The molecule has 0 spiro atoms. The average Bonchev–Trinajstić information content (AvgIpc) is 2.93. The quantitative estimate of drug-likeness (QED) is 0.679. The third kappa shape index (κ3) is 1.89. The molecular formula is C11H6IN3O2S. The number of fused-ring (bicyclic) bond motifs is 1. The summed E-state index contributed by atoms with van der Waals surface area (Å²) in [5, 5.41) is 11.1. The molecule has 3 heterocycles. The van der Waals surface area contributed by atoms with Crippen molar-refractivity contribution >= 4 is 51.1 Å². The van der Waals surface area contributed by atoms with E-state index in [1.807, 2.05) is 11.4 Å². The number of aromatic amines is 1. The number of nitrogens with one attached hydrogen (secondary N) is 1. The molecule has 0 radical (unpaired) electrons. The van der Waals surface area contributed by atoms with Gasteiger partial charge in [0.2, 0.25) is 0 Å². The summed E-state index contributed by atoms with van der Waals surface area (Å²) in [5.74, 6) is -0.345. The number of thiophene rings is 1. The number of carboxylic acids is 1. The third-order valence-electron chi connectivity index (χ3n) is 2.46. The van der Waals surface area contributed by atoms with Crippen LogP contribution < -0.4 is 0 Å². The van der Waals surface area contributed by atoms with Crippen molar-refractivity contribution in [2.45, 2.75) is 0 Å². The van der Waals surface area contributed by atoms with Gasteiger partial charge in [-0.25, -0.2) is 14.8 Å². The zero-order chi connectivity index (χ0) is 12.7. The lowest BCUT2D eigenvalue weighted by atomic mass is 10.2. The first-order chi connectivity index (χ1) is 8.65. The molecular weight excluding hydrogens is 365 g/mol. The van der Waals surface area contributed by atoms with E-state index in [2.05, 4.69) is 37.5 Å². The molecule has 0 aliphatic rings. The normalized spacial score (nSPS) is 10.9. The Kier molecular flexibility index (Phi) is 2.78. The van der Waals surface area contributed by atoms with Gasteiger partial charge in [0.15, 0.2) is 5.65 Å². The summed E-state index contributed by atoms with van der Waals surface area (Å²) in [5.41, 5.74) is 2.01. The summed E-state index contributed by atoms with van der Waals surface area (Å²) in [6, 6.07) is 3.45. The summed E-state index contributed by atoms with van der Waals surface area (Å²) < 4.78 is 1.15. The van der Waals surface area contributed by atoms with Crippen molar-refractivity contribution in [1.82, 2.24) is 15.0 Å². The van der Waals surface area contributed by atoms with Crippen LogP contribution in [0.3, 0.4) is 0 Å². The second-order valence-corrected chi connectivity index (χ2v) is 6.39. The van der Waals surface area contributed by atoms with Crippen LogP contribution in [0.4, 0.5) is 0 Å². The highest BCUT2D eigenvalue weighted by atomic mass is 127. The van der Waals surface area contributed by atoms with E-state index in [1.54, 1.807) is 11.3 Å². The van der Waals surface area contributed by atoms with Gasteiger partial charge in [0, 0.05) is 17.1 Å². The van der Waals surface area contributed by atoms with Crippen LogP contribution in [-0.4, -0.2) is 26.0 Å². The molecule has 3 aromatic rings. The maximum Gasteiger partial charge on any atom is 0.338 e. The first-order valence-electron chi connectivity index (χ1n) is 4.97. The Bertz CT molecular complexity index is 750. The van der Waals surface area contributed by atoms with Gasteiger partial charge in [-0.15, -0.1) is 11.3 Å². The number of carboxylic acid groups (broad SMARTS) is 1. The van der Waals surface area contributed by atoms with E-state index in [1.165, 1.54) is 12.3 Å². The van der Waals surface area contributed by atoms with Gasteiger partial charge in [-0.1, -0.05) is 0 Å². The minimum Gasteiger partial charge on any atom is -0.478 e. The third-order valence-corrected chi connectivity index (χ3v) is 4.25. The summed E-state index contributed by atoms with van der Waals surface area (Å²) in [7, 11) is 0. The summed E-state index contributed by atoms with van der Waals surface area (Å²) in [4.78, 5) is 22.5. The van der Waals surface area contributed by atoms with Gasteiger partial charge in [-0.3, -0.25) is 0 Å². The van der Waals surface area contributed by atoms with Crippen molar-refractivity contribution in [2.75, 3.05) is 0 Å². The minimum atomic E-state index is -0.988. The van der Waals surface area contributed by atoms with Crippen LogP contribution in [0, 0.1) is 2.88 Å². The highest BCUT2D eigenvalue weighted by molar-refractivity contribution is 14.1. The fourth-order valence-electron chi connectivity index (χ4n) is 1.66. The average molecular weight is 371 g/mol. The molecule has 5 nitrogen and oxygen atoms in total. The van der Waals surface area contributed by atoms with Crippen LogP contribution in [0.2, 0.25) is 0 Å². The Morgan fingerprint density at radius 3 is 3.00 bits per heavy atom. The Morgan fingerprint density at radius 2 is 2.33 bits per heavy atom. The van der Waals surface area contributed by atoms with Gasteiger partial charge < -0.3 is 10.1 Å². The summed E-state index contributed by atoms with van der Waals surface area (Å²) in [6.07, 6.45) is 1.45. The molecule has 0 saturated heterocycles. The van der Waals surface area contributed by atoms with Crippen molar-refractivity contribution in [1.29, 1.82) is 0 Å². The topological polar surface area (TPSA) is 78.9 Å². The molecule has 0 aliphatic carbocycles. The molecule has 0 unspecified atom stereocenters. The molecule has 3 rings (SSSR count). The zero-order valence-corrected chi connectivity index (χ0v) is 11.8. The van der Waals surface area contributed by atoms with Crippen molar-refractivity contribution in [2.24, 2.45) is 0 Å². The van der Waals surface area contributed by atoms with Gasteiger partial charge in [-0.2, -0.15) is 0 Å². The summed E-state index contributed by atoms with van der Waals surface area (Å²) in [6.45, 7) is 0. The van der Waals surface area contributed by atoms with Crippen molar-refractivity contribution in [3.05, 3.63) is 32.2 Å². The van der Waals surface area contributed by atoms with E-state index in [0.717, 1.165) is 8.45 Å². The zero-order valence-electron chi connectivity index (χ0n) is 8.85. The highest BCUT2D eigenvalue weighted by Crippen LogP contribution is 2.26. The van der Waals surface area contributed by atoms with Gasteiger partial charge in [-0.05, 0) is 34.7 Å². The molecule has 0 bridgehead atoms. The molecule has 0 aromatic carbocycles. The maximum atomic E-state index is 11.1. The molecule has 90 valence electrons. The number of imidazole rings is 1. The van der Waals surface area contributed by atoms with E-state index in [0.29, 0.717) is 17.0 Å². The lowest BCUT2D eigenvalue weighted by Gasteiger charge is -1.93. The van der Waals surface area contributed by atoms with Crippen LogP contribution in [0.1, 0.15) is 10.4 Å². The van der Waals surface area contributed by atoms with Crippen LogP contribution in [0.5, 0.6) is 0 Å². The number of aromatic carboxylic acids is 1. The van der Waals surface area contributed by atoms with E-state index in [4.69, 9.17) is 5.11 Å². The standard InChI is InChI=1S/C11H6IN3O2S/c12-7-3-5(4-18-7)9-14-8-6(11(16)17)1-2-13-10(8)15-9/h1-4H,(H,16,17)(H,13,14,15). The SMILES string of the molecule is O=C(O)c1ccnc2nc(-c3csc(I)c3)[nH]c12. The summed E-state index contributed by atoms with van der Waals surface area (Å²) >= 11 is 3.84. The molecule has 18 heavy (non-hydrogen) atoms. The Hall–Kier alpha value is -1.48. The molecule has 3 aromatic heterocycles. The lowest BCUT2D eigenvalue weighted by molar-refractivity contribution is 0.0699. The Labute approximate surface area is 119 Å². The number of H-pyrrole nitrogens is 1. The molecule has 0 atom stereocenters. The minimum absolute atomic E-state index is 0.184. The van der Waals surface area contributed by atoms with E-state index < -0.39 is 5.97 Å². The maximum absolute atomic E-state index is 11.1. The Balaban J connectivity index is 2.22. The molecule has 7 heteroatoms. The van der Waals surface area contributed by atoms with Gasteiger partial charge >= 0.3 is 5.97 Å². The van der Waals surface area contributed by atoms with Gasteiger partial charge in [0.1, 0.15) is 5.82 Å². The number of nitrogens with zero attached hydrogens (tertiary/aromatic N) is 2. The first kappa shape index (κ1) is 11.6. The lowest BCUT2D eigenvalue weighted by Crippen LogP contribution is -1.97. The number of carbonyl (C=O) groups is 1. The van der Waals surface area contributed by atoms with Crippen molar-refractivity contribution < 1.29 is 9.90 Å². The van der Waals surface area contributed by atoms with E-state index >= 15 is 0 Å². The molecule has 0 saturated carbocycles. The molecule has 0 aliphatic heterocycles. The molecule has 0 fully saturated rings. The fourth-order valence-corrected chi connectivity index (χ4v) is 2.99. The van der Waals surface area contributed by atoms with Crippen LogP contribution in [0.25, 0.3) is 22.6 Å². The number of hydrogen-bond acceptors (Lipinski definition) is 4. The predicted molar refractivity (Wildman–Crippen MR) is 76.9 cm³/mol. The monoisotopic (exact) mass is 371 g/mol. The smallest absolute Gasteiger partial charge is 0.338 e. The van der Waals surface area contributed by atoms with E-state index in [9.17, 15) is 4.79 Å². The van der Waals surface area contributed by atoms with Gasteiger partial charge in [0.25, 0.3) is 0 Å². The van der Waals surface area contributed by atoms with Gasteiger partial charge in [0.05, 0.1) is 14.0 Å². The molecule has 0 amide bonds. The number of rotatable bonds is 2. The molecule has 2 N–H and O–H groups in total. The largest absolute Gasteiger partial charge is 0.478 e. The van der Waals surface area contributed by atoms with Crippen LogP contribution >= 0.6 is 33.9 Å². The van der Waals surface area contributed by atoms with Crippen LogP contribution in [-0.2, 0) is 0 Å². The second kappa shape index (κ2) is 4.32. The number of aromatic nitrogens is 3. The highest BCUT2D eigenvalue weighted by Gasteiger charge is 2.14. The van der Waals surface area contributed by atoms with E-state index in [-0.39, 0.29) is 5.56 Å².